The van der Waals surface area contributed by atoms with Crippen LogP contribution >= 0.6 is 0 Å². The van der Waals surface area contributed by atoms with Crippen LogP contribution in [0, 0.1) is 0 Å². The van der Waals surface area contributed by atoms with Gasteiger partial charge in [-0.1, -0.05) is 42.3 Å². The number of hydrogen-bond acceptors (Lipinski definition) is 2. The molecule has 0 atom stereocenters. The average molecular weight is 244 g/mol. The summed E-state index contributed by atoms with van der Waals surface area (Å²) in [6, 6.07) is 8.43. The smallest absolute Gasteiger partial charge is 0.184 e. The minimum absolute atomic E-state index is 0.165. The van der Waals surface area contributed by atoms with Crippen molar-refractivity contribution in [3.63, 3.8) is 0 Å². The molecule has 0 aromatic heterocycles. The number of benzene rings is 1. The van der Waals surface area contributed by atoms with Crippen LogP contribution in [0.4, 0.5) is 0 Å². The molecule has 3 rings (SSSR count). The van der Waals surface area contributed by atoms with Crippen LogP contribution in [-0.2, 0) is 9.47 Å². The predicted octanol–water partition coefficient (Wildman–Crippen LogP) is 4.08. The first-order valence-electron chi connectivity index (χ1n) is 6.95. The van der Waals surface area contributed by atoms with Crippen LogP contribution in [0.5, 0.6) is 0 Å². The Morgan fingerprint density at radius 3 is 2.44 bits per heavy atom. The van der Waals surface area contributed by atoms with Gasteiger partial charge in [0.25, 0.3) is 0 Å². The largest absolute Gasteiger partial charge is 0.346 e. The lowest BCUT2D eigenvalue weighted by Gasteiger charge is -2.16. The van der Waals surface area contributed by atoms with E-state index in [9.17, 15) is 0 Å². The van der Waals surface area contributed by atoms with E-state index in [0.717, 1.165) is 0 Å². The van der Waals surface area contributed by atoms with Crippen molar-refractivity contribution in [2.45, 2.75) is 38.4 Å². The van der Waals surface area contributed by atoms with E-state index in [1.165, 1.54) is 43.2 Å². The van der Waals surface area contributed by atoms with Crippen LogP contribution in [0.3, 0.4) is 0 Å². The highest BCUT2D eigenvalue weighted by Crippen LogP contribution is 2.30. The Morgan fingerprint density at radius 2 is 1.67 bits per heavy atom. The second kappa shape index (κ2) is 5.68. The molecule has 0 amide bonds. The van der Waals surface area contributed by atoms with E-state index < -0.39 is 0 Å². The maximum Gasteiger partial charge on any atom is 0.184 e. The van der Waals surface area contributed by atoms with Crippen molar-refractivity contribution in [1.82, 2.24) is 0 Å². The van der Waals surface area contributed by atoms with Crippen LogP contribution in [0.1, 0.15) is 49.5 Å². The highest BCUT2D eigenvalue weighted by molar-refractivity contribution is 5.57. The van der Waals surface area contributed by atoms with Crippen LogP contribution in [0.15, 0.2) is 29.8 Å². The molecule has 2 fully saturated rings. The molecule has 0 spiro atoms. The summed E-state index contributed by atoms with van der Waals surface area (Å²) in [6.45, 7) is 1.41. The number of hydrogen-bond donors (Lipinski definition) is 0. The highest BCUT2D eigenvalue weighted by Gasteiger charge is 2.20. The fourth-order valence-electron chi connectivity index (χ4n) is 2.77. The minimum atomic E-state index is -0.165. The third-order valence-electron chi connectivity index (χ3n) is 3.73. The molecule has 0 bridgehead atoms. The van der Waals surface area contributed by atoms with Gasteiger partial charge in [0.05, 0.1) is 13.2 Å². The third kappa shape index (κ3) is 2.65. The van der Waals surface area contributed by atoms with E-state index in [-0.39, 0.29) is 6.29 Å². The van der Waals surface area contributed by atoms with Gasteiger partial charge in [0.2, 0.25) is 0 Å². The Labute approximate surface area is 109 Å². The number of allylic oxidation sites excluding steroid dienone is 1. The summed E-state index contributed by atoms with van der Waals surface area (Å²) in [4.78, 5) is 0. The number of ether oxygens (including phenoxy) is 2. The van der Waals surface area contributed by atoms with E-state index in [4.69, 9.17) is 9.47 Å². The maximum atomic E-state index is 5.62. The SMILES string of the molecule is C(=C1CCCCC1)c1ccccc1C1OCCO1. The lowest BCUT2D eigenvalue weighted by atomic mass is 9.92. The van der Waals surface area contributed by atoms with Gasteiger partial charge in [-0.05, 0) is 31.2 Å². The van der Waals surface area contributed by atoms with Gasteiger partial charge < -0.3 is 9.47 Å². The molecule has 1 aliphatic heterocycles. The van der Waals surface area contributed by atoms with Crippen LogP contribution in [0.2, 0.25) is 0 Å². The Kier molecular flexibility index (Phi) is 3.77. The summed E-state index contributed by atoms with van der Waals surface area (Å²) >= 11 is 0. The molecule has 1 heterocycles. The Hall–Kier alpha value is -1.12. The summed E-state index contributed by atoms with van der Waals surface area (Å²) in [5, 5.41) is 0. The highest BCUT2D eigenvalue weighted by atomic mass is 16.7. The molecular formula is C16H20O2. The van der Waals surface area contributed by atoms with Gasteiger partial charge in [-0.15, -0.1) is 0 Å². The van der Waals surface area contributed by atoms with E-state index in [1.54, 1.807) is 5.57 Å². The second-order valence-corrected chi connectivity index (χ2v) is 5.07. The predicted molar refractivity (Wildman–Crippen MR) is 72.1 cm³/mol. The van der Waals surface area contributed by atoms with Crippen molar-refractivity contribution in [3.05, 3.63) is 41.0 Å². The minimum Gasteiger partial charge on any atom is -0.346 e. The Morgan fingerprint density at radius 1 is 0.944 bits per heavy atom. The maximum absolute atomic E-state index is 5.62. The van der Waals surface area contributed by atoms with Crippen molar-refractivity contribution >= 4 is 6.08 Å². The van der Waals surface area contributed by atoms with Gasteiger partial charge in [-0.25, -0.2) is 0 Å². The zero-order chi connectivity index (χ0) is 12.2. The van der Waals surface area contributed by atoms with Gasteiger partial charge >= 0.3 is 0 Å². The molecule has 1 aliphatic carbocycles. The summed E-state index contributed by atoms with van der Waals surface area (Å²) in [6.07, 6.45) is 8.74. The standard InChI is InChI=1S/C16H20O2/c1-2-6-13(7-3-1)12-14-8-4-5-9-15(14)16-17-10-11-18-16/h4-5,8-9,12,16H,1-3,6-7,10-11H2. The molecule has 1 saturated heterocycles. The molecule has 1 saturated carbocycles. The second-order valence-electron chi connectivity index (χ2n) is 5.07. The van der Waals surface area contributed by atoms with Crippen molar-refractivity contribution in [2.24, 2.45) is 0 Å². The van der Waals surface area contributed by atoms with Gasteiger partial charge in [-0.3, -0.25) is 0 Å². The molecular weight excluding hydrogens is 224 g/mol. The fraction of sp³-hybridized carbons (Fsp3) is 0.500. The zero-order valence-corrected chi connectivity index (χ0v) is 10.7. The van der Waals surface area contributed by atoms with Gasteiger partial charge in [0.15, 0.2) is 6.29 Å². The fourth-order valence-corrected chi connectivity index (χ4v) is 2.77. The molecule has 96 valence electrons. The summed E-state index contributed by atoms with van der Waals surface area (Å²) in [5.41, 5.74) is 4.01. The molecule has 1 aromatic rings. The summed E-state index contributed by atoms with van der Waals surface area (Å²) in [5.74, 6) is 0. The molecule has 1 aromatic carbocycles. The molecule has 0 N–H and O–H groups in total. The van der Waals surface area contributed by atoms with Crippen molar-refractivity contribution in [3.8, 4) is 0 Å². The molecule has 0 unspecified atom stereocenters. The van der Waals surface area contributed by atoms with Crippen LogP contribution < -0.4 is 0 Å². The monoisotopic (exact) mass is 244 g/mol. The molecule has 2 aliphatic rings. The first-order valence-corrected chi connectivity index (χ1v) is 6.95. The zero-order valence-electron chi connectivity index (χ0n) is 10.7. The van der Waals surface area contributed by atoms with E-state index in [0.29, 0.717) is 13.2 Å². The van der Waals surface area contributed by atoms with Gasteiger partial charge in [0.1, 0.15) is 0 Å². The number of rotatable bonds is 2. The Balaban J connectivity index is 1.86. The normalized spacial score (nSPS) is 21.2. The molecule has 2 heteroatoms. The van der Waals surface area contributed by atoms with Gasteiger partial charge in [0, 0.05) is 5.56 Å². The Bertz CT molecular complexity index is 422. The molecule has 0 radical (unpaired) electrons. The van der Waals surface area contributed by atoms with Crippen LogP contribution in [-0.4, -0.2) is 13.2 Å². The van der Waals surface area contributed by atoms with Gasteiger partial charge in [-0.2, -0.15) is 0 Å². The topological polar surface area (TPSA) is 18.5 Å². The van der Waals surface area contributed by atoms with E-state index in [1.807, 2.05) is 0 Å². The molecule has 18 heavy (non-hydrogen) atoms. The summed E-state index contributed by atoms with van der Waals surface area (Å²) in [7, 11) is 0. The first kappa shape index (κ1) is 11.9. The van der Waals surface area contributed by atoms with Crippen molar-refractivity contribution in [1.29, 1.82) is 0 Å². The lowest BCUT2D eigenvalue weighted by molar-refractivity contribution is -0.0442. The average Bonchev–Trinajstić information content (AvgIpc) is 2.94. The quantitative estimate of drug-likeness (QED) is 0.780. The first-order chi connectivity index (χ1) is 8.93. The third-order valence-corrected chi connectivity index (χ3v) is 3.73. The van der Waals surface area contributed by atoms with E-state index in [2.05, 4.69) is 30.3 Å². The van der Waals surface area contributed by atoms with E-state index >= 15 is 0 Å². The molecule has 2 nitrogen and oxygen atoms in total. The van der Waals surface area contributed by atoms with Crippen LogP contribution in [0.25, 0.3) is 6.08 Å². The summed E-state index contributed by atoms with van der Waals surface area (Å²) < 4.78 is 11.2. The van der Waals surface area contributed by atoms with Crippen molar-refractivity contribution < 1.29 is 9.47 Å². The lowest BCUT2D eigenvalue weighted by Crippen LogP contribution is -2.01. The van der Waals surface area contributed by atoms with Crippen molar-refractivity contribution in [2.75, 3.05) is 13.2 Å².